The summed E-state index contributed by atoms with van der Waals surface area (Å²) in [6.45, 7) is 2.24. The number of aliphatic hydroxyl groups is 1. The Labute approximate surface area is 179 Å². The van der Waals surface area contributed by atoms with Gasteiger partial charge in [-0.15, -0.1) is 11.3 Å². The van der Waals surface area contributed by atoms with Crippen molar-refractivity contribution in [1.29, 1.82) is 0 Å². The summed E-state index contributed by atoms with van der Waals surface area (Å²) in [5, 5.41) is 12.4. The van der Waals surface area contributed by atoms with Gasteiger partial charge in [-0.3, -0.25) is 4.79 Å². The number of benzene rings is 2. The Morgan fingerprint density at radius 2 is 1.77 bits per heavy atom. The van der Waals surface area contributed by atoms with Gasteiger partial charge in [0.05, 0.1) is 27.7 Å². The van der Waals surface area contributed by atoms with Crippen molar-refractivity contribution in [3.8, 4) is 0 Å². The SMILES string of the molecule is Cc1nc2ccccc2n1CCNC(=O)CC(O)(c1nc2ccccc2s1)C(F)(F)F. The monoisotopic (exact) mass is 448 g/mol. The van der Waals surface area contributed by atoms with Gasteiger partial charge in [0, 0.05) is 13.1 Å². The Hall–Kier alpha value is -2.98. The highest BCUT2D eigenvalue weighted by Gasteiger charge is 2.58. The van der Waals surface area contributed by atoms with Crippen LogP contribution >= 0.6 is 11.3 Å². The second-order valence-corrected chi connectivity index (χ2v) is 8.20. The van der Waals surface area contributed by atoms with Crippen LogP contribution in [-0.4, -0.2) is 38.3 Å². The lowest BCUT2D eigenvalue weighted by Gasteiger charge is -2.27. The number of carbonyl (C=O) groups is 1. The van der Waals surface area contributed by atoms with E-state index in [1.807, 2.05) is 35.8 Å². The number of halogens is 3. The molecule has 31 heavy (non-hydrogen) atoms. The van der Waals surface area contributed by atoms with Gasteiger partial charge < -0.3 is 15.0 Å². The second-order valence-electron chi connectivity index (χ2n) is 7.17. The molecule has 0 saturated carbocycles. The van der Waals surface area contributed by atoms with Crippen molar-refractivity contribution in [3.05, 3.63) is 59.4 Å². The van der Waals surface area contributed by atoms with Crippen LogP contribution < -0.4 is 5.32 Å². The number of rotatable bonds is 6. The van der Waals surface area contributed by atoms with E-state index in [0.717, 1.165) is 28.2 Å². The van der Waals surface area contributed by atoms with E-state index in [-0.39, 0.29) is 6.54 Å². The summed E-state index contributed by atoms with van der Waals surface area (Å²) in [5.41, 5.74) is -1.35. The number of carbonyl (C=O) groups excluding carboxylic acids is 1. The molecule has 0 spiro atoms. The van der Waals surface area contributed by atoms with Crippen LogP contribution in [-0.2, 0) is 16.9 Å². The molecule has 0 radical (unpaired) electrons. The normalized spacial score (nSPS) is 14.1. The second kappa shape index (κ2) is 7.93. The predicted octanol–water partition coefficient (Wildman–Crippen LogP) is 3.91. The molecule has 0 bridgehead atoms. The van der Waals surface area contributed by atoms with E-state index in [2.05, 4.69) is 15.3 Å². The van der Waals surface area contributed by atoms with Crippen molar-refractivity contribution >= 4 is 38.5 Å². The summed E-state index contributed by atoms with van der Waals surface area (Å²) in [4.78, 5) is 20.7. The summed E-state index contributed by atoms with van der Waals surface area (Å²) in [6.07, 6.45) is -6.23. The molecular weight excluding hydrogens is 429 g/mol. The third-order valence-corrected chi connectivity index (χ3v) is 6.22. The Morgan fingerprint density at radius 3 is 2.48 bits per heavy atom. The quantitative estimate of drug-likeness (QED) is 0.469. The van der Waals surface area contributed by atoms with E-state index in [4.69, 9.17) is 0 Å². The Kier molecular flexibility index (Phi) is 5.44. The molecule has 6 nitrogen and oxygen atoms in total. The molecule has 4 rings (SSSR count). The molecule has 4 aromatic rings. The van der Waals surface area contributed by atoms with Crippen molar-refractivity contribution in [2.75, 3.05) is 6.54 Å². The first-order valence-corrected chi connectivity index (χ1v) is 10.3. The average molecular weight is 448 g/mol. The zero-order chi connectivity index (χ0) is 22.2. The first kappa shape index (κ1) is 21.3. The zero-order valence-electron chi connectivity index (χ0n) is 16.5. The highest BCUT2D eigenvalue weighted by molar-refractivity contribution is 7.18. The highest BCUT2D eigenvalue weighted by atomic mass is 32.1. The number of amides is 1. The van der Waals surface area contributed by atoms with E-state index in [1.54, 1.807) is 24.3 Å². The molecule has 2 aromatic heterocycles. The van der Waals surface area contributed by atoms with Gasteiger partial charge in [0.25, 0.3) is 0 Å². The van der Waals surface area contributed by atoms with Gasteiger partial charge in [-0.1, -0.05) is 24.3 Å². The Morgan fingerprint density at radius 1 is 1.10 bits per heavy atom. The van der Waals surface area contributed by atoms with Crippen molar-refractivity contribution < 1.29 is 23.1 Å². The highest BCUT2D eigenvalue weighted by Crippen LogP contribution is 2.44. The van der Waals surface area contributed by atoms with E-state index in [0.29, 0.717) is 16.8 Å². The number of nitrogens with zero attached hydrogens (tertiary/aromatic N) is 3. The van der Waals surface area contributed by atoms with Crippen molar-refractivity contribution in [2.24, 2.45) is 0 Å². The number of imidazole rings is 1. The maximum atomic E-state index is 13.8. The lowest BCUT2D eigenvalue weighted by Crippen LogP contribution is -2.46. The van der Waals surface area contributed by atoms with Gasteiger partial charge in [-0.2, -0.15) is 13.2 Å². The fraction of sp³-hybridized carbons (Fsp3) is 0.286. The summed E-state index contributed by atoms with van der Waals surface area (Å²) in [7, 11) is 0. The van der Waals surface area contributed by atoms with Crippen LogP contribution in [0, 0.1) is 6.92 Å². The van der Waals surface area contributed by atoms with E-state index in [9.17, 15) is 23.1 Å². The van der Waals surface area contributed by atoms with Gasteiger partial charge in [0.15, 0.2) is 0 Å². The number of thiazole rings is 1. The van der Waals surface area contributed by atoms with Crippen LogP contribution in [0.2, 0.25) is 0 Å². The van der Waals surface area contributed by atoms with E-state index >= 15 is 0 Å². The fourth-order valence-corrected chi connectivity index (χ4v) is 4.50. The summed E-state index contributed by atoms with van der Waals surface area (Å²) < 4.78 is 43.7. The number of aryl methyl sites for hydroxylation is 1. The molecule has 2 heterocycles. The molecule has 0 aliphatic carbocycles. The molecule has 0 fully saturated rings. The number of hydrogen-bond acceptors (Lipinski definition) is 5. The lowest BCUT2D eigenvalue weighted by atomic mass is 9.99. The maximum Gasteiger partial charge on any atom is 0.424 e. The van der Waals surface area contributed by atoms with E-state index < -0.39 is 29.1 Å². The molecule has 1 unspecified atom stereocenters. The molecule has 162 valence electrons. The van der Waals surface area contributed by atoms with Crippen LogP contribution in [0.3, 0.4) is 0 Å². The van der Waals surface area contributed by atoms with Gasteiger partial charge in [0.2, 0.25) is 11.5 Å². The number of fused-ring (bicyclic) bond motifs is 2. The first-order valence-electron chi connectivity index (χ1n) is 9.53. The largest absolute Gasteiger partial charge is 0.424 e. The molecule has 10 heteroatoms. The van der Waals surface area contributed by atoms with Crippen LogP contribution in [0.5, 0.6) is 0 Å². The van der Waals surface area contributed by atoms with Crippen LogP contribution in [0.25, 0.3) is 21.3 Å². The summed E-state index contributed by atoms with van der Waals surface area (Å²) in [6, 6.07) is 14.0. The molecule has 0 saturated heterocycles. The molecule has 1 amide bonds. The number of aromatic nitrogens is 3. The smallest absolute Gasteiger partial charge is 0.374 e. The van der Waals surface area contributed by atoms with Crippen LogP contribution in [0.15, 0.2) is 48.5 Å². The predicted molar refractivity (Wildman–Crippen MR) is 112 cm³/mol. The molecular formula is C21H19F3N4O2S. The van der Waals surface area contributed by atoms with Crippen molar-refractivity contribution in [3.63, 3.8) is 0 Å². The average Bonchev–Trinajstić information content (AvgIpc) is 3.28. The summed E-state index contributed by atoms with van der Waals surface area (Å²) in [5.74, 6) is -0.183. The molecule has 2 aromatic carbocycles. The molecule has 1 atom stereocenters. The maximum absolute atomic E-state index is 13.8. The van der Waals surface area contributed by atoms with E-state index in [1.165, 1.54) is 0 Å². The van der Waals surface area contributed by atoms with Gasteiger partial charge in [-0.05, 0) is 31.2 Å². The minimum absolute atomic E-state index is 0.0911. The summed E-state index contributed by atoms with van der Waals surface area (Å²) >= 11 is 0.725. The van der Waals surface area contributed by atoms with Gasteiger partial charge in [0.1, 0.15) is 10.8 Å². The number of nitrogens with one attached hydrogen (secondary N) is 1. The Bertz CT molecular complexity index is 1220. The number of alkyl halides is 3. The van der Waals surface area contributed by atoms with Crippen molar-refractivity contribution in [2.45, 2.75) is 31.7 Å². The third kappa shape index (κ3) is 4.00. The molecule has 0 aliphatic heterocycles. The lowest BCUT2D eigenvalue weighted by molar-refractivity contribution is -0.267. The molecule has 2 N–H and O–H groups in total. The Balaban J connectivity index is 1.48. The third-order valence-electron chi connectivity index (χ3n) is 5.04. The number of hydrogen-bond donors (Lipinski definition) is 2. The fourth-order valence-electron chi connectivity index (χ4n) is 3.43. The van der Waals surface area contributed by atoms with Crippen LogP contribution in [0.1, 0.15) is 17.3 Å². The minimum Gasteiger partial charge on any atom is -0.374 e. The minimum atomic E-state index is -5.06. The first-order chi connectivity index (χ1) is 14.7. The zero-order valence-corrected chi connectivity index (χ0v) is 17.3. The number of para-hydroxylation sites is 3. The van der Waals surface area contributed by atoms with Gasteiger partial charge >= 0.3 is 6.18 Å². The van der Waals surface area contributed by atoms with Crippen LogP contribution in [0.4, 0.5) is 13.2 Å². The standard InChI is InChI=1S/C21H19F3N4O2S/c1-13-26-14-6-2-4-8-16(14)28(13)11-10-25-18(29)12-20(30,21(22,23)24)19-27-15-7-3-5-9-17(15)31-19/h2-9,30H,10-12H2,1H3,(H,25,29). The van der Waals surface area contributed by atoms with Crippen molar-refractivity contribution in [1.82, 2.24) is 19.9 Å². The topological polar surface area (TPSA) is 80.0 Å². The van der Waals surface area contributed by atoms with Gasteiger partial charge in [-0.25, -0.2) is 9.97 Å². The molecule has 0 aliphatic rings.